The highest BCUT2D eigenvalue weighted by atomic mass is 16.6. The van der Waals surface area contributed by atoms with Crippen LogP contribution < -0.4 is 0 Å². The zero-order chi connectivity index (χ0) is 56.4. The summed E-state index contributed by atoms with van der Waals surface area (Å²) in [6.07, 6.45) is 88.5. The van der Waals surface area contributed by atoms with Gasteiger partial charge in [0.15, 0.2) is 6.10 Å². The summed E-state index contributed by atoms with van der Waals surface area (Å²) in [5.41, 5.74) is 0. The molecule has 0 radical (unpaired) electrons. The Bertz CT molecular complexity index is 1530. The first kappa shape index (κ1) is 74.3. The Kier molecular flexibility index (Phi) is 62.7. The molecular formula is C72H124O6. The molecule has 0 aliphatic carbocycles. The summed E-state index contributed by atoms with van der Waals surface area (Å²) in [7, 11) is 0. The van der Waals surface area contributed by atoms with Gasteiger partial charge in [0.1, 0.15) is 13.2 Å². The van der Waals surface area contributed by atoms with Gasteiger partial charge in [-0.05, 0) is 122 Å². The SMILES string of the molecule is CC/C=C\C/C=C\C/C=C\C/C=C\CCCCCCCCCCCCCCCCCCC(=O)OCC(COC(=O)CCCCCCC/C=C\CCCCC)OC(=O)CCCCCCCC/C=C\C/C=C\C/C=C\CCCCC. The van der Waals surface area contributed by atoms with Gasteiger partial charge < -0.3 is 14.2 Å². The van der Waals surface area contributed by atoms with E-state index in [2.05, 4.69) is 118 Å². The van der Waals surface area contributed by atoms with Crippen LogP contribution in [0.15, 0.2) is 97.2 Å². The lowest BCUT2D eigenvalue weighted by Crippen LogP contribution is -2.30. The zero-order valence-corrected chi connectivity index (χ0v) is 51.4. The molecule has 0 aromatic rings. The van der Waals surface area contributed by atoms with Crippen LogP contribution in [0.4, 0.5) is 0 Å². The third-order valence-corrected chi connectivity index (χ3v) is 14.3. The molecule has 0 aromatic heterocycles. The van der Waals surface area contributed by atoms with Crippen LogP contribution in [0.5, 0.6) is 0 Å². The first-order valence-electron chi connectivity index (χ1n) is 33.2. The molecule has 1 unspecified atom stereocenters. The van der Waals surface area contributed by atoms with Crippen molar-refractivity contribution in [2.75, 3.05) is 13.2 Å². The molecule has 6 nitrogen and oxygen atoms in total. The summed E-state index contributed by atoms with van der Waals surface area (Å²) in [4.78, 5) is 38.3. The molecule has 0 amide bonds. The van der Waals surface area contributed by atoms with Crippen molar-refractivity contribution < 1.29 is 28.6 Å². The van der Waals surface area contributed by atoms with Gasteiger partial charge in [0.25, 0.3) is 0 Å². The average molecular weight is 1090 g/mol. The summed E-state index contributed by atoms with van der Waals surface area (Å²) < 4.78 is 16.9. The van der Waals surface area contributed by atoms with Crippen molar-refractivity contribution in [3.8, 4) is 0 Å². The maximum Gasteiger partial charge on any atom is 0.306 e. The molecule has 0 aromatic carbocycles. The Hall–Kier alpha value is -3.67. The van der Waals surface area contributed by atoms with Crippen molar-refractivity contribution in [1.82, 2.24) is 0 Å². The summed E-state index contributed by atoms with van der Waals surface area (Å²) >= 11 is 0. The van der Waals surface area contributed by atoms with Gasteiger partial charge in [0, 0.05) is 19.3 Å². The van der Waals surface area contributed by atoms with Crippen molar-refractivity contribution in [3.63, 3.8) is 0 Å². The van der Waals surface area contributed by atoms with Gasteiger partial charge in [-0.3, -0.25) is 14.4 Å². The topological polar surface area (TPSA) is 78.9 Å². The van der Waals surface area contributed by atoms with Gasteiger partial charge in [-0.1, -0.05) is 279 Å². The lowest BCUT2D eigenvalue weighted by molar-refractivity contribution is -0.167. The van der Waals surface area contributed by atoms with Gasteiger partial charge in [-0.15, -0.1) is 0 Å². The van der Waals surface area contributed by atoms with Crippen LogP contribution in [0.2, 0.25) is 0 Å². The zero-order valence-electron chi connectivity index (χ0n) is 51.4. The van der Waals surface area contributed by atoms with E-state index < -0.39 is 6.10 Å². The van der Waals surface area contributed by atoms with E-state index in [-0.39, 0.29) is 31.1 Å². The summed E-state index contributed by atoms with van der Waals surface area (Å²) in [5.74, 6) is -0.894. The molecule has 0 N–H and O–H groups in total. The molecule has 0 saturated carbocycles. The second-order valence-corrected chi connectivity index (χ2v) is 22.0. The molecule has 0 aliphatic heterocycles. The number of allylic oxidation sites excluding steroid dienone is 16. The van der Waals surface area contributed by atoms with Crippen LogP contribution in [0.1, 0.15) is 323 Å². The number of rotatable bonds is 60. The highest BCUT2D eigenvalue weighted by molar-refractivity contribution is 5.71. The molecule has 448 valence electrons. The maximum atomic E-state index is 12.9. The fourth-order valence-electron chi connectivity index (χ4n) is 9.32. The van der Waals surface area contributed by atoms with Crippen LogP contribution in [0, 0.1) is 0 Å². The Morgan fingerprint density at radius 2 is 0.500 bits per heavy atom. The van der Waals surface area contributed by atoms with Gasteiger partial charge >= 0.3 is 17.9 Å². The van der Waals surface area contributed by atoms with Crippen LogP contribution in [-0.2, 0) is 28.6 Å². The summed E-state index contributed by atoms with van der Waals surface area (Å²) in [6, 6.07) is 0. The quantitative estimate of drug-likeness (QED) is 0.0261. The highest BCUT2D eigenvalue weighted by Crippen LogP contribution is 2.17. The molecule has 0 fully saturated rings. The lowest BCUT2D eigenvalue weighted by Gasteiger charge is -2.18. The largest absolute Gasteiger partial charge is 0.462 e. The number of unbranched alkanes of at least 4 members (excludes halogenated alkanes) is 33. The number of carbonyl (C=O) groups excluding carboxylic acids is 3. The third kappa shape index (κ3) is 63.2. The predicted octanol–water partition coefficient (Wildman–Crippen LogP) is 22.8. The molecule has 0 saturated heterocycles. The van der Waals surface area contributed by atoms with Crippen molar-refractivity contribution in [2.24, 2.45) is 0 Å². The molecule has 0 spiro atoms. The molecule has 0 aliphatic rings. The van der Waals surface area contributed by atoms with E-state index >= 15 is 0 Å². The number of hydrogen-bond donors (Lipinski definition) is 0. The highest BCUT2D eigenvalue weighted by Gasteiger charge is 2.19. The fraction of sp³-hybridized carbons (Fsp3) is 0.736. The molecular weight excluding hydrogens is 961 g/mol. The third-order valence-electron chi connectivity index (χ3n) is 14.3. The molecule has 78 heavy (non-hydrogen) atoms. The van der Waals surface area contributed by atoms with Gasteiger partial charge in [0.05, 0.1) is 0 Å². The minimum absolute atomic E-state index is 0.0834. The second kappa shape index (κ2) is 65.8. The molecule has 0 heterocycles. The molecule has 0 rings (SSSR count). The monoisotopic (exact) mass is 1080 g/mol. The lowest BCUT2D eigenvalue weighted by atomic mass is 10.0. The molecule has 6 heteroatoms. The van der Waals surface area contributed by atoms with E-state index in [1.54, 1.807) is 0 Å². The first-order chi connectivity index (χ1) is 38.5. The van der Waals surface area contributed by atoms with Gasteiger partial charge in [0.2, 0.25) is 0 Å². The Morgan fingerprint density at radius 1 is 0.269 bits per heavy atom. The van der Waals surface area contributed by atoms with Crippen molar-refractivity contribution in [3.05, 3.63) is 97.2 Å². The van der Waals surface area contributed by atoms with E-state index in [1.807, 2.05) is 0 Å². The van der Waals surface area contributed by atoms with Crippen LogP contribution in [-0.4, -0.2) is 37.2 Å². The molecule has 1 atom stereocenters. The second-order valence-electron chi connectivity index (χ2n) is 22.0. The Labute approximate surface area is 483 Å². The fourth-order valence-corrected chi connectivity index (χ4v) is 9.32. The smallest absolute Gasteiger partial charge is 0.306 e. The van der Waals surface area contributed by atoms with Crippen LogP contribution >= 0.6 is 0 Å². The number of hydrogen-bond acceptors (Lipinski definition) is 6. The Morgan fingerprint density at radius 3 is 0.795 bits per heavy atom. The van der Waals surface area contributed by atoms with Crippen LogP contribution in [0.3, 0.4) is 0 Å². The minimum atomic E-state index is -0.788. The van der Waals surface area contributed by atoms with Crippen LogP contribution in [0.25, 0.3) is 0 Å². The van der Waals surface area contributed by atoms with Crippen molar-refractivity contribution >= 4 is 17.9 Å². The van der Waals surface area contributed by atoms with Gasteiger partial charge in [-0.2, -0.15) is 0 Å². The van der Waals surface area contributed by atoms with E-state index in [0.717, 1.165) is 116 Å². The average Bonchev–Trinajstić information content (AvgIpc) is 3.44. The predicted molar refractivity (Wildman–Crippen MR) is 339 cm³/mol. The van der Waals surface area contributed by atoms with E-state index in [4.69, 9.17) is 14.2 Å². The maximum absolute atomic E-state index is 12.9. The standard InChI is InChI=1S/C72H124O6/c1-4-7-10-13-16-19-22-25-27-29-31-32-33-34-35-36-37-38-39-40-42-43-45-47-50-53-56-59-62-65-71(74)77-68-69(67-76-70(73)64-61-58-55-52-49-24-21-18-15-12-9-6-3)78-72(75)66-63-60-57-54-51-48-46-44-41-30-28-26-23-20-17-14-11-8-5-2/h7,10,16-21,25-28,31-32,41,44,69H,4-6,8-9,11-15,22-24,29-30,33-40,42-43,45-68H2,1-3H3/b10-7-,19-16-,20-17-,21-18-,27-25-,28-26-,32-31-,44-41-. The van der Waals surface area contributed by atoms with Crippen molar-refractivity contribution in [2.45, 2.75) is 329 Å². The molecule has 0 bridgehead atoms. The van der Waals surface area contributed by atoms with E-state index in [9.17, 15) is 14.4 Å². The van der Waals surface area contributed by atoms with Gasteiger partial charge in [-0.25, -0.2) is 0 Å². The minimum Gasteiger partial charge on any atom is -0.462 e. The van der Waals surface area contributed by atoms with E-state index in [1.165, 1.54) is 167 Å². The normalized spacial score (nSPS) is 12.7. The number of esters is 3. The van der Waals surface area contributed by atoms with Crippen molar-refractivity contribution in [1.29, 1.82) is 0 Å². The summed E-state index contributed by atoms with van der Waals surface area (Å²) in [6.45, 7) is 6.49. The Balaban J connectivity index is 4.24. The number of ether oxygens (including phenoxy) is 3. The first-order valence-corrected chi connectivity index (χ1v) is 33.2. The number of carbonyl (C=O) groups is 3. The van der Waals surface area contributed by atoms with E-state index in [0.29, 0.717) is 19.3 Å². The summed E-state index contributed by atoms with van der Waals surface area (Å²) in [5, 5.41) is 0.